The van der Waals surface area contributed by atoms with Crippen LogP contribution in [0.25, 0.3) is 0 Å². The van der Waals surface area contributed by atoms with Crippen molar-refractivity contribution in [3.05, 3.63) is 0 Å². The molecule has 0 aliphatic carbocycles. The zero-order chi connectivity index (χ0) is 15.1. The Morgan fingerprint density at radius 3 is 2.90 bits per heavy atom. The Morgan fingerprint density at radius 1 is 1.38 bits per heavy atom. The Morgan fingerprint density at radius 2 is 2.24 bits per heavy atom. The SMILES string of the molecule is CCN1CCCCC1CNC(=NC)N(C)CC1CCOC1. The fourth-order valence-corrected chi connectivity index (χ4v) is 3.50. The first-order valence-electron chi connectivity index (χ1n) is 8.48. The quantitative estimate of drug-likeness (QED) is 0.615. The lowest BCUT2D eigenvalue weighted by atomic mass is 10.0. The summed E-state index contributed by atoms with van der Waals surface area (Å²) < 4.78 is 5.46. The van der Waals surface area contributed by atoms with Gasteiger partial charge >= 0.3 is 0 Å². The van der Waals surface area contributed by atoms with Crippen LogP contribution in [0.1, 0.15) is 32.6 Å². The number of nitrogens with zero attached hydrogens (tertiary/aromatic N) is 3. The van der Waals surface area contributed by atoms with Crippen molar-refractivity contribution in [1.29, 1.82) is 0 Å². The van der Waals surface area contributed by atoms with Gasteiger partial charge < -0.3 is 15.0 Å². The van der Waals surface area contributed by atoms with Crippen LogP contribution < -0.4 is 5.32 Å². The van der Waals surface area contributed by atoms with Gasteiger partial charge in [0.25, 0.3) is 0 Å². The van der Waals surface area contributed by atoms with E-state index in [1.807, 2.05) is 7.05 Å². The highest BCUT2D eigenvalue weighted by atomic mass is 16.5. The first-order valence-corrected chi connectivity index (χ1v) is 8.48. The van der Waals surface area contributed by atoms with Crippen LogP contribution in [0.4, 0.5) is 0 Å². The number of nitrogens with one attached hydrogen (secondary N) is 1. The summed E-state index contributed by atoms with van der Waals surface area (Å²) in [5, 5.41) is 3.57. The van der Waals surface area contributed by atoms with Gasteiger partial charge in [-0.3, -0.25) is 9.89 Å². The maximum absolute atomic E-state index is 5.46. The third-order valence-corrected chi connectivity index (χ3v) is 4.78. The molecule has 0 amide bonds. The van der Waals surface area contributed by atoms with Crippen LogP contribution in [0.3, 0.4) is 0 Å². The van der Waals surface area contributed by atoms with Crippen molar-refractivity contribution in [2.45, 2.75) is 38.6 Å². The molecule has 1 N–H and O–H groups in total. The highest BCUT2D eigenvalue weighted by Gasteiger charge is 2.22. The van der Waals surface area contributed by atoms with Gasteiger partial charge in [-0.15, -0.1) is 0 Å². The molecule has 5 nitrogen and oxygen atoms in total. The molecule has 0 aromatic carbocycles. The molecule has 21 heavy (non-hydrogen) atoms. The molecular weight excluding hydrogens is 264 g/mol. The molecule has 0 bridgehead atoms. The van der Waals surface area contributed by atoms with Gasteiger partial charge in [-0.05, 0) is 32.4 Å². The van der Waals surface area contributed by atoms with Gasteiger partial charge in [-0.25, -0.2) is 0 Å². The normalized spacial score (nSPS) is 27.9. The lowest BCUT2D eigenvalue weighted by molar-refractivity contribution is 0.156. The van der Waals surface area contributed by atoms with Crippen LogP contribution >= 0.6 is 0 Å². The Hall–Kier alpha value is -0.810. The van der Waals surface area contributed by atoms with Crippen LogP contribution in [0.2, 0.25) is 0 Å². The number of guanidine groups is 1. The van der Waals surface area contributed by atoms with E-state index in [1.54, 1.807) is 0 Å². The predicted molar refractivity (Wildman–Crippen MR) is 87.8 cm³/mol. The second-order valence-electron chi connectivity index (χ2n) is 6.32. The van der Waals surface area contributed by atoms with Gasteiger partial charge in [0.1, 0.15) is 0 Å². The maximum Gasteiger partial charge on any atom is 0.193 e. The van der Waals surface area contributed by atoms with Crippen molar-refractivity contribution in [3.8, 4) is 0 Å². The highest BCUT2D eigenvalue weighted by molar-refractivity contribution is 5.79. The van der Waals surface area contributed by atoms with Gasteiger partial charge in [0, 0.05) is 45.8 Å². The lowest BCUT2D eigenvalue weighted by Crippen LogP contribution is -2.49. The van der Waals surface area contributed by atoms with Crippen LogP contribution in [-0.2, 0) is 4.74 Å². The van der Waals surface area contributed by atoms with Gasteiger partial charge in [0.2, 0.25) is 0 Å². The average molecular weight is 296 g/mol. The molecule has 5 heteroatoms. The number of rotatable bonds is 5. The summed E-state index contributed by atoms with van der Waals surface area (Å²) in [6.45, 7) is 8.51. The van der Waals surface area contributed by atoms with Crippen molar-refractivity contribution in [2.24, 2.45) is 10.9 Å². The number of piperidine rings is 1. The summed E-state index contributed by atoms with van der Waals surface area (Å²) in [5.74, 6) is 1.67. The molecule has 0 spiro atoms. The summed E-state index contributed by atoms with van der Waals surface area (Å²) in [5.41, 5.74) is 0. The molecule has 2 aliphatic rings. The van der Waals surface area contributed by atoms with Crippen LogP contribution in [0.5, 0.6) is 0 Å². The number of hydrogen-bond donors (Lipinski definition) is 1. The molecule has 2 rings (SSSR count). The Bertz CT molecular complexity index is 328. The van der Waals surface area contributed by atoms with Gasteiger partial charge in [0.05, 0.1) is 6.61 Å². The van der Waals surface area contributed by atoms with E-state index in [0.717, 1.165) is 38.8 Å². The standard InChI is InChI=1S/C16H32N4O/c1-4-20-9-6-5-7-15(20)11-18-16(17-2)19(3)12-14-8-10-21-13-14/h14-15H,4-13H2,1-3H3,(H,17,18). The number of ether oxygens (including phenoxy) is 1. The molecular formula is C16H32N4O. The van der Waals surface area contributed by atoms with Crippen LogP contribution in [-0.4, -0.2) is 75.3 Å². The largest absolute Gasteiger partial charge is 0.381 e. The zero-order valence-electron chi connectivity index (χ0n) is 14.0. The van der Waals surface area contributed by atoms with Crippen LogP contribution in [0, 0.1) is 5.92 Å². The number of hydrogen-bond acceptors (Lipinski definition) is 3. The average Bonchev–Trinajstić information content (AvgIpc) is 3.01. The molecule has 122 valence electrons. The first kappa shape index (κ1) is 16.6. The van der Waals surface area contributed by atoms with Crippen molar-refractivity contribution >= 4 is 5.96 Å². The van der Waals surface area contributed by atoms with Gasteiger partial charge in [-0.1, -0.05) is 13.3 Å². The molecule has 0 aromatic rings. The number of aliphatic imine (C=N–C) groups is 1. The molecule has 2 unspecified atom stereocenters. The van der Waals surface area contributed by atoms with E-state index >= 15 is 0 Å². The Kier molecular flexibility index (Phi) is 6.77. The Labute approximate surface area is 129 Å². The van der Waals surface area contributed by atoms with Gasteiger partial charge in [0.15, 0.2) is 5.96 Å². The minimum Gasteiger partial charge on any atom is -0.381 e. The zero-order valence-corrected chi connectivity index (χ0v) is 14.0. The molecule has 2 fully saturated rings. The summed E-state index contributed by atoms with van der Waals surface area (Å²) in [6, 6.07) is 0.656. The summed E-state index contributed by atoms with van der Waals surface area (Å²) >= 11 is 0. The Balaban J connectivity index is 1.78. The second kappa shape index (κ2) is 8.59. The molecule has 0 radical (unpaired) electrons. The van der Waals surface area contributed by atoms with E-state index in [2.05, 4.69) is 34.1 Å². The summed E-state index contributed by atoms with van der Waals surface area (Å²) in [6.07, 6.45) is 5.18. The molecule has 0 aromatic heterocycles. The van der Waals surface area contributed by atoms with E-state index in [-0.39, 0.29) is 0 Å². The lowest BCUT2D eigenvalue weighted by Gasteiger charge is -2.36. The fourth-order valence-electron chi connectivity index (χ4n) is 3.50. The van der Waals surface area contributed by atoms with E-state index in [4.69, 9.17) is 4.74 Å². The molecule has 2 saturated heterocycles. The van der Waals surface area contributed by atoms with Crippen molar-refractivity contribution in [1.82, 2.24) is 15.1 Å². The fraction of sp³-hybridized carbons (Fsp3) is 0.938. The maximum atomic E-state index is 5.46. The second-order valence-corrected chi connectivity index (χ2v) is 6.32. The smallest absolute Gasteiger partial charge is 0.193 e. The third-order valence-electron chi connectivity index (χ3n) is 4.78. The van der Waals surface area contributed by atoms with E-state index in [9.17, 15) is 0 Å². The third kappa shape index (κ3) is 4.85. The predicted octanol–water partition coefficient (Wildman–Crippen LogP) is 1.40. The molecule has 2 atom stereocenters. The molecule has 2 heterocycles. The molecule has 2 aliphatic heterocycles. The van der Waals surface area contributed by atoms with E-state index in [0.29, 0.717) is 12.0 Å². The van der Waals surface area contributed by atoms with Crippen molar-refractivity contribution in [3.63, 3.8) is 0 Å². The van der Waals surface area contributed by atoms with E-state index in [1.165, 1.54) is 32.2 Å². The summed E-state index contributed by atoms with van der Waals surface area (Å²) in [4.78, 5) is 9.28. The topological polar surface area (TPSA) is 40.1 Å². The number of likely N-dealkylation sites (N-methyl/N-ethyl adjacent to an activating group) is 1. The van der Waals surface area contributed by atoms with Crippen LogP contribution in [0.15, 0.2) is 4.99 Å². The monoisotopic (exact) mass is 296 g/mol. The highest BCUT2D eigenvalue weighted by Crippen LogP contribution is 2.16. The number of likely N-dealkylation sites (tertiary alicyclic amines) is 1. The minimum absolute atomic E-state index is 0.648. The van der Waals surface area contributed by atoms with Crippen molar-refractivity contribution < 1.29 is 4.74 Å². The van der Waals surface area contributed by atoms with Gasteiger partial charge in [-0.2, -0.15) is 0 Å². The summed E-state index contributed by atoms with van der Waals surface area (Å²) in [7, 11) is 4.01. The molecule has 0 saturated carbocycles. The van der Waals surface area contributed by atoms with Crippen molar-refractivity contribution in [2.75, 3.05) is 53.5 Å². The minimum atomic E-state index is 0.648. The van der Waals surface area contributed by atoms with E-state index < -0.39 is 0 Å². The first-order chi connectivity index (χ1) is 10.2.